The maximum Gasteiger partial charge on any atom is 0.319 e. The molecule has 0 saturated heterocycles. The van der Waals surface area contributed by atoms with Crippen molar-refractivity contribution in [2.24, 2.45) is 0 Å². The van der Waals surface area contributed by atoms with E-state index in [1.54, 1.807) is 39.2 Å². The zero-order valence-electron chi connectivity index (χ0n) is 11.8. The molecule has 8 heteroatoms. The molecule has 0 aliphatic carbocycles. The molecule has 0 fully saturated rings. The zero-order valence-corrected chi connectivity index (χ0v) is 12.6. The minimum atomic E-state index is -0.426. The van der Waals surface area contributed by atoms with Crippen LogP contribution in [0.2, 0.25) is 5.02 Å². The minimum absolute atomic E-state index is 0.337. The Morgan fingerprint density at radius 3 is 2.81 bits per heavy atom. The fourth-order valence-corrected chi connectivity index (χ4v) is 1.85. The fraction of sp³-hybridized carbons (Fsp3) is 0.308. The number of aromatic nitrogens is 2. The average Bonchev–Trinajstić information content (AvgIpc) is 2.87. The number of carbonyl (C=O) groups excluding carboxylic acids is 1. The average molecular weight is 311 g/mol. The first-order valence-corrected chi connectivity index (χ1v) is 6.58. The predicted octanol–water partition coefficient (Wildman–Crippen LogP) is 2.92. The number of benzene rings is 1. The van der Waals surface area contributed by atoms with E-state index >= 15 is 0 Å². The molecule has 2 rings (SSSR count). The summed E-state index contributed by atoms with van der Waals surface area (Å²) in [4.78, 5) is 16.0. The number of amides is 2. The van der Waals surface area contributed by atoms with E-state index in [1.807, 2.05) is 0 Å². The van der Waals surface area contributed by atoms with Gasteiger partial charge in [-0.05, 0) is 26.0 Å². The third-order valence-electron chi connectivity index (χ3n) is 2.69. The Labute approximate surface area is 126 Å². The highest BCUT2D eigenvalue weighted by Gasteiger charge is 2.16. The maximum atomic E-state index is 11.9. The molecule has 1 aromatic heterocycles. The number of nitrogens with zero attached hydrogens (tertiary/aromatic N) is 2. The summed E-state index contributed by atoms with van der Waals surface area (Å²) in [5.41, 5.74) is 0.476. The van der Waals surface area contributed by atoms with E-state index < -0.39 is 12.1 Å². The molecule has 2 aromatic rings. The number of nitrogens with one attached hydrogen (secondary N) is 2. The van der Waals surface area contributed by atoms with Crippen molar-refractivity contribution in [3.05, 3.63) is 34.9 Å². The lowest BCUT2D eigenvalue weighted by Gasteiger charge is -2.12. The van der Waals surface area contributed by atoms with Crippen molar-refractivity contribution >= 4 is 23.3 Å². The van der Waals surface area contributed by atoms with Crippen molar-refractivity contribution < 1.29 is 14.1 Å². The van der Waals surface area contributed by atoms with E-state index in [1.165, 1.54) is 0 Å². The van der Waals surface area contributed by atoms with Crippen molar-refractivity contribution in [2.45, 2.75) is 19.9 Å². The summed E-state index contributed by atoms with van der Waals surface area (Å²) in [6, 6.07) is 4.13. The van der Waals surface area contributed by atoms with E-state index in [4.69, 9.17) is 20.9 Å². The molecule has 0 radical (unpaired) electrons. The van der Waals surface area contributed by atoms with Gasteiger partial charge in [0.1, 0.15) is 11.8 Å². The first kappa shape index (κ1) is 15.1. The van der Waals surface area contributed by atoms with Gasteiger partial charge in [-0.1, -0.05) is 16.8 Å². The van der Waals surface area contributed by atoms with Gasteiger partial charge in [0.05, 0.1) is 17.8 Å². The van der Waals surface area contributed by atoms with Gasteiger partial charge < -0.3 is 19.9 Å². The number of halogens is 1. The number of anilines is 1. The second-order valence-corrected chi connectivity index (χ2v) is 4.75. The summed E-state index contributed by atoms with van der Waals surface area (Å²) >= 11 is 6.05. The van der Waals surface area contributed by atoms with Gasteiger partial charge in [0.25, 0.3) is 0 Å². The number of aryl methyl sites for hydroxylation is 1. The van der Waals surface area contributed by atoms with Crippen molar-refractivity contribution in [3.63, 3.8) is 0 Å². The molecule has 112 valence electrons. The minimum Gasteiger partial charge on any atom is -0.497 e. The summed E-state index contributed by atoms with van der Waals surface area (Å²) in [5.74, 6) is 1.46. The molecule has 0 spiro atoms. The third-order valence-corrected chi connectivity index (χ3v) is 3.00. The number of hydrogen-bond donors (Lipinski definition) is 2. The Bertz CT molecular complexity index is 644. The first-order valence-electron chi connectivity index (χ1n) is 6.21. The van der Waals surface area contributed by atoms with Gasteiger partial charge in [-0.15, -0.1) is 0 Å². The highest BCUT2D eigenvalue weighted by molar-refractivity contribution is 6.33. The molecular formula is C13H15ClN4O3. The number of carbonyl (C=O) groups is 1. The first-order chi connectivity index (χ1) is 9.99. The lowest BCUT2D eigenvalue weighted by Crippen LogP contribution is -2.31. The summed E-state index contributed by atoms with van der Waals surface area (Å²) < 4.78 is 10.0. The van der Waals surface area contributed by atoms with Crippen LogP contribution in [0.15, 0.2) is 22.7 Å². The summed E-state index contributed by atoms with van der Waals surface area (Å²) in [6.45, 7) is 3.44. The van der Waals surface area contributed by atoms with Crippen LogP contribution in [0.25, 0.3) is 0 Å². The SMILES string of the molecule is COc1ccc(NC(=O)NC(C)c2nc(C)no2)c(Cl)c1. The normalized spacial score (nSPS) is 11.8. The Kier molecular flexibility index (Phi) is 4.64. The molecule has 1 atom stereocenters. The van der Waals surface area contributed by atoms with Crippen LogP contribution in [0.3, 0.4) is 0 Å². The van der Waals surface area contributed by atoms with Crippen molar-refractivity contribution in [1.29, 1.82) is 0 Å². The van der Waals surface area contributed by atoms with Crippen molar-refractivity contribution in [3.8, 4) is 5.75 Å². The zero-order chi connectivity index (χ0) is 15.4. The molecule has 1 unspecified atom stereocenters. The summed E-state index contributed by atoms with van der Waals surface area (Å²) in [7, 11) is 1.54. The largest absolute Gasteiger partial charge is 0.497 e. The van der Waals surface area contributed by atoms with E-state index in [-0.39, 0.29) is 0 Å². The number of methoxy groups -OCH3 is 1. The van der Waals surface area contributed by atoms with Crippen molar-refractivity contribution in [2.75, 3.05) is 12.4 Å². The maximum absolute atomic E-state index is 11.9. The highest BCUT2D eigenvalue weighted by atomic mass is 35.5. The van der Waals surface area contributed by atoms with Gasteiger partial charge >= 0.3 is 6.03 Å². The van der Waals surface area contributed by atoms with E-state index in [9.17, 15) is 4.79 Å². The van der Waals surface area contributed by atoms with E-state index in [0.29, 0.717) is 28.2 Å². The quantitative estimate of drug-likeness (QED) is 0.906. The van der Waals surface area contributed by atoms with Crippen LogP contribution in [0.4, 0.5) is 10.5 Å². The second kappa shape index (κ2) is 6.45. The summed E-state index contributed by atoms with van der Waals surface area (Å²) in [6.07, 6.45) is 0. The smallest absolute Gasteiger partial charge is 0.319 e. The molecule has 21 heavy (non-hydrogen) atoms. The van der Waals surface area contributed by atoms with Crippen LogP contribution >= 0.6 is 11.6 Å². The van der Waals surface area contributed by atoms with Gasteiger partial charge in [0, 0.05) is 6.07 Å². The van der Waals surface area contributed by atoms with Crippen molar-refractivity contribution in [1.82, 2.24) is 15.5 Å². The lowest BCUT2D eigenvalue weighted by atomic mass is 10.3. The standard InChI is InChI=1S/C13H15ClN4O3/c1-7(12-16-8(2)18-21-12)15-13(19)17-11-5-4-9(20-3)6-10(11)14/h4-7H,1-3H3,(H2,15,17,19). The molecular weight excluding hydrogens is 296 g/mol. The Morgan fingerprint density at radius 2 is 2.24 bits per heavy atom. The highest BCUT2D eigenvalue weighted by Crippen LogP contribution is 2.26. The Hall–Kier alpha value is -2.28. The van der Waals surface area contributed by atoms with Gasteiger partial charge in [-0.3, -0.25) is 0 Å². The van der Waals surface area contributed by atoms with Crippen LogP contribution in [0.5, 0.6) is 5.75 Å². The molecule has 0 saturated carbocycles. The van der Waals surface area contributed by atoms with Crippen LogP contribution < -0.4 is 15.4 Å². The molecule has 7 nitrogen and oxygen atoms in total. The Morgan fingerprint density at radius 1 is 1.48 bits per heavy atom. The third kappa shape index (κ3) is 3.85. The molecule has 0 aliphatic rings. The van der Waals surface area contributed by atoms with Crippen LogP contribution in [0, 0.1) is 6.92 Å². The molecule has 2 N–H and O–H groups in total. The molecule has 1 heterocycles. The second-order valence-electron chi connectivity index (χ2n) is 4.35. The number of hydrogen-bond acceptors (Lipinski definition) is 5. The van der Waals surface area contributed by atoms with Gasteiger partial charge in [-0.25, -0.2) is 4.79 Å². The predicted molar refractivity (Wildman–Crippen MR) is 77.6 cm³/mol. The molecule has 2 amide bonds. The van der Waals surface area contributed by atoms with E-state index in [0.717, 1.165) is 0 Å². The number of urea groups is 1. The summed E-state index contributed by atoms with van der Waals surface area (Å²) in [5, 5.41) is 9.37. The van der Waals surface area contributed by atoms with Crippen LogP contribution in [-0.2, 0) is 0 Å². The fourth-order valence-electron chi connectivity index (χ4n) is 1.63. The Balaban J connectivity index is 1.98. The monoisotopic (exact) mass is 310 g/mol. The van der Waals surface area contributed by atoms with E-state index in [2.05, 4.69) is 20.8 Å². The van der Waals surface area contributed by atoms with Gasteiger partial charge in [0.2, 0.25) is 5.89 Å². The number of ether oxygens (including phenoxy) is 1. The van der Waals surface area contributed by atoms with Gasteiger partial charge in [-0.2, -0.15) is 4.98 Å². The molecule has 0 aliphatic heterocycles. The topological polar surface area (TPSA) is 89.3 Å². The van der Waals surface area contributed by atoms with Crippen LogP contribution in [-0.4, -0.2) is 23.3 Å². The van der Waals surface area contributed by atoms with Crippen LogP contribution in [0.1, 0.15) is 24.7 Å². The molecule has 1 aromatic carbocycles. The number of rotatable bonds is 4. The molecule has 0 bridgehead atoms. The van der Waals surface area contributed by atoms with Gasteiger partial charge in [0.15, 0.2) is 5.82 Å². The lowest BCUT2D eigenvalue weighted by molar-refractivity contribution is 0.245.